The van der Waals surface area contributed by atoms with Gasteiger partial charge in [0.15, 0.2) is 5.82 Å². The molecule has 1 aromatic heterocycles. The van der Waals surface area contributed by atoms with Crippen LogP contribution in [0.25, 0.3) is 0 Å². The number of hydrogen-bond donors (Lipinski definition) is 0. The molecule has 2 heterocycles. The minimum absolute atomic E-state index is 0.191. The summed E-state index contributed by atoms with van der Waals surface area (Å²) < 4.78 is 4.99. The molecule has 2 rings (SSSR count). The fourth-order valence-corrected chi connectivity index (χ4v) is 2.71. The quantitative estimate of drug-likeness (QED) is 0.742. The average molecular weight is 224 g/mol. The molecule has 1 atom stereocenters. The van der Waals surface area contributed by atoms with Gasteiger partial charge in [0.05, 0.1) is 12.1 Å². The Bertz CT molecular complexity index is 372. The molecule has 1 saturated heterocycles. The van der Waals surface area contributed by atoms with Crippen LogP contribution in [0.2, 0.25) is 0 Å². The lowest BCUT2D eigenvalue weighted by Gasteiger charge is -2.29. The highest BCUT2D eigenvalue weighted by atomic mass is 32.2. The molecule has 6 heteroatoms. The number of thioether (sulfide) groups is 1. The molecule has 1 unspecified atom stereocenters. The van der Waals surface area contributed by atoms with E-state index in [0.717, 1.165) is 18.1 Å². The molecule has 80 valence electrons. The minimum atomic E-state index is 0.191. The van der Waals surface area contributed by atoms with E-state index in [1.54, 1.807) is 0 Å². The van der Waals surface area contributed by atoms with E-state index in [4.69, 9.17) is 9.78 Å². The zero-order valence-corrected chi connectivity index (χ0v) is 9.33. The van der Waals surface area contributed by atoms with Gasteiger partial charge >= 0.3 is 0 Å². The number of nitriles is 1. The summed E-state index contributed by atoms with van der Waals surface area (Å²) in [6.07, 6.45) is 0.191. The zero-order chi connectivity index (χ0) is 10.7. The van der Waals surface area contributed by atoms with Crippen LogP contribution in [-0.4, -0.2) is 40.1 Å². The SMILES string of the molecule is CN1CCSCC1c1noc(CC#N)n1. The predicted molar refractivity (Wildman–Crippen MR) is 56.3 cm³/mol. The minimum Gasteiger partial charge on any atom is -0.338 e. The van der Waals surface area contributed by atoms with Gasteiger partial charge in [-0.15, -0.1) is 0 Å². The topological polar surface area (TPSA) is 66.0 Å². The largest absolute Gasteiger partial charge is 0.338 e. The van der Waals surface area contributed by atoms with Gasteiger partial charge in [-0.05, 0) is 7.05 Å². The Morgan fingerprint density at radius 1 is 1.73 bits per heavy atom. The van der Waals surface area contributed by atoms with Crippen LogP contribution in [0.1, 0.15) is 17.8 Å². The first-order chi connectivity index (χ1) is 7.31. The zero-order valence-electron chi connectivity index (χ0n) is 8.51. The molecule has 0 aromatic carbocycles. The summed E-state index contributed by atoms with van der Waals surface area (Å²) in [7, 11) is 2.06. The van der Waals surface area contributed by atoms with Crippen molar-refractivity contribution in [1.29, 1.82) is 5.26 Å². The molecule has 1 fully saturated rings. The molecule has 0 radical (unpaired) electrons. The molecule has 1 aliphatic heterocycles. The van der Waals surface area contributed by atoms with Crippen LogP contribution in [0.5, 0.6) is 0 Å². The second kappa shape index (κ2) is 4.64. The van der Waals surface area contributed by atoms with E-state index in [-0.39, 0.29) is 12.5 Å². The number of nitrogens with zero attached hydrogens (tertiary/aromatic N) is 4. The summed E-state index contributed by atoms with van der Waals surface area (Å²) in [6, 6.07) is 2.22. The summed E-state index contributed by atoms with van der Waals surface area (Å²) in [4.78, 5) is 6.44. The van der Waals surface area contributed by atoms with Crippen molar-refractivity contribution >= 4 is 11.8 Å². The third kappa shape index (κ3) is 2.30. The van der Waals surface area contributed by atoms with E-state index >= 15 is 0 Å². The highest BCUT2D eigenvalue weighted by molar-refractivity contribution is 7.99. The van der Waals surface area contributed by atoms with Crippen molar-refractivity contribution in [3.63, 3.8) is 0 Å². The van der Waals surface area contributed by atoms with Gasteiger partial charge in [0, 0.05) is 18.1 Å². The first kappa shape index (κ1) is 10.5. The van der Waals surface area contributed by atoms with Crippen molar-refractivity contribution in [2.45, 2.75) is 12.5 Å². The van der Waals surface area contributed by atoms with E-state index in [2.05, 4.69) is 22.1 Å². The Morgan fingerprint density at radius 3 is 3.33 bits per heavy atom. The van der Waals surface area contributed by atoms with Crippen LogP contribution in [0.3, 0.4) is 0 Å². The Balaban J connectivity index is 2.10. The maximum Gasteiger partial charge on any atom is 0.240 e. The summed E-state index contributed by atoms with van der Waals surface area (Å²) in [6.45, 7) is 1.04. The van der Waals surface area contributed by atoms with Gasteiger partial charge in [-0.1, -0.05) is 5.16 Å². The second-order valence-electron chi connectivity index (χ2n) is 3.45. The van der Waals surface area contributed by atoms with Crippen LogP contribution in [0.15, 0.2) is 4.52 Å². The summed E-state index contributed by atoms with van der Waals surface area (Å²) in [5, 5.41) is 12.4. The Morgan fingerprint density at radius 2 is 2.60 bits per heavy atom. The second-order valence-corrected chi connectivity index (χ2v) is 4.60. The monoisotopic (exact) mass is 224 g/mol. The molecular weight excluding hydrogens is 212 g/mol. The van der Waals surface area contributed by atoms with Crippen molar-refractivity contribution in [1.82, 2.24) is 15.0 Å². The first-order valence-electron chi connectivity index (χ1n) is 4.78. The van der Waals surface area contributed by atoms with E-state index < -0.39 is 0 Å². The van der Waals surface area contributed by atoms with E-state index in [0.29, 0.717) is 11.7 Å². The number of hydrogen-bond acceptors (Lipinski definition) is 6. The lowest BCUT2D eigenvalue weighted by Crippen LogP contribution is -2.33. The van der Waals surface area contributed by atoms with Gasteiger partial charge in [0.2, 0.25) is 5.89 Å². The van der Waals surface area contributed by atoms with Gasteiger partial charge in [0.1, 0.15) is 6.42 Å². The fourth-order valence-electron chi connectivity index (χ4n) is 1.50. The summed E-state index contributed by atoms with van der Waals surface area (Å²) >= 11 is 1.90. The number of rotatable bonds is 2. The summed E-state index contributed by atoms with van der Waals surface area (Å²) in [5.74, 6) is 3.25. The normalized spacial score (nSPS) is 22.5. The first-order valence-corrected chi connectivity index (χ1v) is 5.94. The van der Waals surface area contributed by atoms with E-state index in [1.807, 2.05) is 17.8 Å². The van der Waals surface area contributed by atoms with Gasteiger partial charge < -0.3 is 4.52 Å². The maximum atomic E-state index is 8.50. The van der Waals surface area contributed by atoms with Gasteiger partial charge in [-0.3, -0.25) is 4.90 Å². The van der Waals surface area contributed by atoms with Crippen molar-refractivity contribution < 1.29 is 4.52 Å². The summed E-state index contributed by atoms with van der Waals surface area (Å²) in [5.41, 5.74) is 0. The molecule has 0 aliphatic carbocycles. The fraction of sp³-hybridized carbons (Fsp3) is 0.667. The third-order valence-corrected chi connectivity index (χ3v) is 3.43. The van der Waals surface area contributed by atoms with Gasteiger partial charge in [0.25, 0.3) is 0 Å². The smallest absolute Gasteiger partial charge is 0.240 e. The van der Waals surface area contributed by atoms with Crippen LogP contribution < -0.4 is 0 Å². The van der Waals surface area contributed by atoms with Crippen LogP contribution in [0.4, 0.5) is 0 Å². The highest BCUT2D eigenvalue weighted by Gasteiger charge is 2.25. The molecular formula is C9H12N4OS. The third-order valence-electron chi connectivity index (χ3n) is 2.41. The Hall–Kier alpha value is -1.06. The van der Waals surface area contributed by atoms with Crippen molar-refractivity contribution in [2.24, 2.45) is 0 Å². The molecule has 0 saturated carbocycles. The molecule has 0 spiro atoms. The predicted octanol–water partition coefficient (Wildman–Crippen LogP) is 0.855. The Kier molecular flexibility index (Phi) is 3.23. The van der Waals surface area contributed by atoms with Crippen molar-refractivity contribution in [3.05, 3.63) is 11.7 Å². The van der Waals surface area contributed by atoms with Gasteiger partial charge in [-0.2, -0.15) is 22.0 Å². The van der Waals surface area contributed by atoms with Crippen LogP contribution in [-0.2, 0) is 6.42 Å². The molecule has 0 bridgehead atoms. The standard InChI is InChI=1S/C9H12N4OS/c1-13-4-5-15-6-7(13)9-11-8(2-3-10)14-12-9/h7H,2,4-6H2,1H3. The van der Waals surface area contributed by atoms with Crippen LogP contribution in [0, 0.1) is 11.3 Å². The lowest BCUT2D eigenvalue weighted by atomic mass is 10.3. The van der Waals surface area contributed by atoms with E-state index in [9.17, 15) is 0 Å². The van der Waals surface area contributed by atoms with E-state index in [1.165, 1.54) is 0 Å². The molecule has 0 amide bonds. The molecule has 15 heavy (non-hydrogen) atoms. The molecule has 5 nitrogen and oxygen atoms in total. The molecule has 1 aliphatic rings. The molecule has 0 N–H and O–H groups in total. The highest BCUT2D eigenvalue weighted by Crippen LogP contribution is 2.26. The average Bonchev–Trinajstić information content (AvgIpc) is 2.68. The maximum absolute atomic E-state index is 8.50. The van der Waals surface area contributed by atoms with Gasteiger partial charge in [-0.25, -0.2) is 0 Å². The van der Waals surface area contributed by atoms with Crippen LogP contribution >= 0.6 is 11.8 Å². The Labute approximate surface area is 92.4 Å². The number of aromatic nitrogens is 2. The lowest BCUT2D eigenvalue weighted by molar-refractivity contribution is 0.256. The van der Waals surface area contributed by atoms with Crippen molar-refractivity contribution in [2.75, 3.05) is 25.1 Å². The van der Waals surface area contributed by atoms with Crippen molar-refractivity contribution in [3.8, 4) is 6.07 Å². The molecule has 1 aromatic rings.